The monoisotopic (exact) mass is 362 g/mol. The molecular weight excluding hydrogens is 344 g/mol. The number of amides is 1. The molecule has 24 heavy (non-hydrogen) atoms. The number of sulfonamides is 1. The summed E-state index contributed by atoms with van der Waals surface area (Å²) in [5.74, 6) is 0.0496. The fourth-order valence-electron chi connectivity index (χ4n) is 2.50. The quantitative estimate of drug-likeness (QED) is 0.832. The number of benzene rings is 1. The lowest BCUT2D eigenvalue weighted by molar-refractivity contribution is -0.116. The van der Waals surface area contributed by atoms with Gasteiger partial charge in [-0.25, -0.2) is 8.42 Å². The van der Waals surface area contributed by atoms with Crippen molar-refractivity contribution in [3.8, 4) is 0 Å². The summed E-state index contributed by atoms with van der Waals surface area (Å²) in [4.78, 5) is 12.9. The summed E-state index contributed by atoms with van der Waals surface area (Å²) in [6.45, 7) is 1.05. The summed E-state index contributed by atoms with van der Waals surface area (Å²) in [5, 5.41) is 4.79. The topological polar surface area (TPSA) is 66.5 Å². The average molecular weight is 362 g/mol. The standard InChI is InChI=1S/C17H18N2O3S2/c20-17(18-13-16-3-1-11-23-16)9-6-14-4-7-15(8-5-14)19-10-2-12-24(19,21)22/h1,3-9,11H,2,10,12-13H2,(H,18,20)/b9-6+. The van der Waals surface area contributed by atoms with Gasteiger partial charge >= 0.3 is 0 Å². The molecule has 0 radical (unpaired) electrons. The summed E-state index contributed by atoms with van der Waals surface area (Å²) in [7, 11) is -3.16. The number of carbonyl (C=O) groups is 1. The molecule has 0 atom stereocenters. The Morgan fingerprint density at radius 3 is 2.67 bits per heavy atom. The number of thiophene rings is 1. The van der Waals surface area contributed by atoms with E-state index in [4.69, 9.17) is 0 Å². The molecule has 5 nitrogen and oxygen atoms in total. The summed E-state index contributed by atoms with van der Waals surface area (Å²) in [5.41, 5.74) is 1.52. The van der Waals surface area contributed by atoms with E-state index in [1.807, 2.05) is 29.6 Å². The Hall–Kier alpha value is -2.12. The van der Waals surface area contributed by atoms with Crippen LogP contribution in [0.2, 0.25) is 0 Å². The predicted molar refractivity (Wildman–Crippen MR) is 97.4 cm³/mol. The van der Waals surface area contributed by atoms with Crippen LogP contribution in [0.15, 0.2) is 47.9 Å². The van der Waals surface area contributed by atoms with Crippen molar-refractivity contribution < 1.29 is 13.2 Å². The van der Waals surface area contributed by atoms with Crippen molar-refractivity contribution in [3.63, 3.8) is 0 Å². The summed E-state index contributed by atoms with van der Waals surface area (Å²) in [6.07, 6.45) is 3.86. The first-order valence-corrected chi connectivity index (χ1v) is 10.1. The first kappa shape index (κ1) is 16.7. The van der Waals surface area contributed by atoms with Crippen molar-refractivity contribution in [2.45, 2.75) is 13.0 Å². The Kier molecular flexibility index (Phi) is 5.01. The van der Waals surface area contributed by atoms with Gasteiger partial charge in [-0.3, -0.25) is 9.10 Å². The number of hydrogen-bond acceptors (Lipinski definition) is 4. The Morgan fingerprint density at radius 2 is 2.04 bits per heavy atom. The maximum atomic E-state index is 11.9. The van der Waals surface area contributed by atoms with Crippen molar-refractivity contribution >= 4 is 39.0 Å². The third kappa shape index (κ3) is 4.04. The van der Waals surface area contributed by atoms with E-state index < -0.39 is 10.0 Å². The molecule has 0 unspecified atom stereocenters. The first-order valence-electron chi connectivity index (χ1n) is 7.63. The minimum atomic E-state index is -3.16. The van der Waals surface area contributed by atoms with Gasteiger partial charge in [0.1, 0.15) is 0 Å². The molecule has 3 rings (SSSR count). The van der Waals surface area contributed by atoms with Gasteiger partial charge < -0.3 is 5.32 Å². The SMILES string of the molecule is O=C(/C=C/c1ccc(N2CCCS2(=O)=O)cc1)NCc1cccs1. The van der Waals surface area contributed by atoms with E-state index in [-0.39, 0.29) is 11.7 Å². The van der Waals surface area contributed by atoms with E-state index in [2.05, 4.69) is 5.32 Å². The molecule has 1 fully saturated rings. The molecule has 7 heteroatoms. The minimum Gasteiger partial charge on any atom is -0.348 e. The third-order valence-corrected chi connectivity index (χ3v) is 6.47. The number of nitrogens with zero attached hydrogens (tertiary/aromatic N) is 1. The van der Waals surface area contributed by atoms with Crippen LogP contribution in [0.1, 0.15) is 16.9 Å². The molecule has 0 bridgehead atoms. The highest BCUT2D eigenvalue weighted by Gasteiger charge is 2.28. The van der Waals surface area contributed by atoms with Crippen LogP contribution in [-0.4, -0.2) is 26.6 Å². The van der Waals surface area contributed by atoms with Crippen LogP contribution in [0, 0.1) is 0 Å². The summed E-state index contributed by atoms with van der Waals surface area (Å²) in [6, 6.07) is 11.1. The van der Waals surface area contributed by atoms with Gasteiger partial charge in [-0.1, -0.05) is 18.2 Å². The molecule has 2 aromatic rings. The van der Waals surface area contributed by atoms with Crippen LogP contribution >= 0.6 is 11.3 Å². The van der Waals surface area contributed by atoms with Crippen molar-refractivity contribution in [3.05, 3.63) is 58.3 Å². The lowest BCUT2D eigenvalue weighted by Gasteiger charge is -2.16. The van der Waals surface area contributed by atoms with Crippen LogP contribution in [0.3, 0.4) is 0 Å². The Balaban J connectivity index is 1.58. The van der Waals surface area contributed by atoms with Crippen LogP contribution in [0.5, 0.6) is 0 Å². The number of anilines is 1. The van der Waals surface area contributed by atoms with E-state index in [0.717, 1.165) is 10.4 Å². The van der Waals surface area contributed by atoms with Crippen molar-refractivity contribution in [2.24, 2.45) is 0 Å². The van der Waals surface area contributed by atoms with E-state index in [0.29, 0.717) is 25.2 Å². The number of carbonyl (C=O) groups excluding carboxylic acids is 1. The zero-order chi connectivity index (χ0) is 17.0. The first-order chi connectivity index (χ1) is 11.5. The molecule has 1 aliphatic rings. The highest BCUT2D eigenvalue weighted by molar-refractivity contribution is 7.93. The van der Waals surface area contributed by atoms with Crippen molar-refractivity contribution in [1.29, 1.82) is 0 Å². The molecule has 1 amide bonds. The zero-order valence-corrected chi connectivity index (χ0v) is 14.6. The van der Waals surface area contributed by atoms with Gasteiger partial charge in [0.05, 0.1) is 18.0 Å². The van der Waals surface area contributed by atoms with Crippen molar-refractivity contribution in [1.82, 2.24) is 5.32 Å². The van der Waals surface area contributed by atoms with Gasteiger partial charge in [0.2, 0.25) is 15.9 Å². The minimum absolute atomic E-state index is 0.158. The molecule has 126 valence electrons. The Labute approximate surface area is 145 Å². The fourth-order valence-corrected chi connectivity index (χ4v) is 4.71. The van der Waals surface area contributed by atoms with Gasteiger partial charge in [-0.05, 0) is 41.6 Å². The highest BCUT2D eigenvalue weighted by atomic mass is 32.2. The number of hydrogen-bond donors (Lipinski definition) is 1. The maximum absolute atomic E-state index is 11.9. The molecule has 1 aromatic carbocycles. The van der Waals surface area contributed by atoms with Crippen molar-refractivity contribution in [2.75, 3.05) is 16.6 Å². The summed E-state index contributed by atoms with van der Waals surface area (Å²) >= 11 is 1.60. The maximum Gasteiger partial charge on any atom is 0.244 e. The molecule has 0 spiro atoms. The predicted octanol–water partition coefficient (Wildman–Crippen LogP) is 2.62. The highest BCUT2D eigenvalue weighted by Crippen LogP contribution is 2.24. The smallest absolute Gasteiger partial charge is 0.244 e. The second kappa shape index (κ2) is 7.19. The molecule has 1 aromatic heterocycles. The van der Waals surface area contributed by atoms with E-state index in [9.17, 15) is 13.2 Å². The van der Waals surface area contributed by atoms with Crippen LogP contribution in [-0.2, 0) is 21.4 Å². The van der Waals surface area contributed by atoms with E-state index in [1.165, 1.54) is 10.4 Å². The van der Waals surface area contributed by atoms with E-state index in [1.54, 1.807) is 29.5 Å². The summed E-state index contributed by atoms with van der Waals surface area (Å²) < 4.78 is 25.2. The van der Waals surface area contributed by atoms with Gasteiger partial charge in [-0.15, -0.1) is 11.3 Å². The third-order valence-electron chi connectivity index (χ3n) is 3.72. The molecule has 1 N–H and O–H groups in total. The van der Waals surface area contributed by atoms with E-state index >= 15 is 0 Å². The van der Waals surface area contributed by atoms with Gasteiger partial charge in [-0.2, -0.15) is 0 Å². The van der Waals surface area contributed by atoms with Crippen LogP contribution in [0.4, 0.5) is 5.69 Å². The van der Waals surface area contributed by atoms with Gasteiger partial charge in [0.15, 0.2) is 0 Å². The fraction of sp³-hybridized carbons (Fsp3) is 0.235. The zero-order valence-electron chi connectivity index (χ0n) is 13.0. The lowest BCUT2D eigenvalue weighted by atomic mass is 10.2. The molecule has 0 aliphatic carbocycles. The largest absolute Gasteiger partial charge is 0.348 e. The normalized spacial score (nSPS) is 16.6. The second-order valence-corrected chi connectivity index (χ2v) is 8.51. The molecule has 0 saturated carbocycles. The number of nitrogens with one attached hydrogen (secondary N) is 1. The van der Waals surface area contributed by atoms with Gasteiger partial charge in [0, 0.05) is 17.5 Å². The lowest BCUT2D eigenvalue weighted by Crippen LogP contribution is -2.24. The number of rotatable bonds is 5. The molecule has 2 heterocycles. The Bertz CT molecular complexity index is 825. The molecule has 1 aliphatic heterocycles. The van der Waals surface area contributed by atoms with Gasteiger partial charge in [0.25, 0.3) is 0 Å². The Morgan fingerprint density at radius 1 is 1.25 bits per heavy atom. The molecular formula is C17H18N2O3S2. The average Bonchev–Trinajstić information content (AvgIpc) is 3.20. The second-order valence-electron chi connectivity index (χ2n) is 5.46. The van der Waals surface area contributed by atoms with Crippen LogP contribution < -0.4 is 9.62 Å². The van der Waals surface area contributed by atoms with Crippen LogP contribution in [0.25, 0.3) is 6.08 Å². The molecule has 1 saturated heterocycles.